The SMILES string of the molecule is COc1cc(NC(=O)CC(C)C)c(OC)c2nccnc12. The number of benzene rings is 1. The number of ether oxygens (including phenoxy) is 2. The summed E-state index contributed by atoms with van der Waals surface area (Å²) in [4.78, 5) is 20.5. The van der Waals surface area contributed by atoms with Crippen molar-refractivity contribution in [2.24, 2.45) is 5.92 Å². The first-order valence-corrected chi connectivity index (χ1v) is 6.72. The van der Waals surface area contributed by atoms with Crippen LogP contribution in [-0.2, 0) is 4.79 Å². The Morgan fingerprint density at radius 2 is 1.86 bits per heavy atom. The van der Waals surface area contributed by atoms with E-state index >= 15 is 0 Å². The molecule has 0 bridgehead atoms. The van der Waals surface area contributed by atoms with E-state index in [-0.39, 0.29) is 11.8 Å². The maximum absolute atomic E-state index is 12.0. The first-order chi connectivity index (χ1) is 10.1. The Morgan fingerprint density at radius 3 is 2.43 bits per heavy atom. The molecule has 0 aliphatic rings. The third kappa shape index (κ3) is 3.21. The van der Waals surface area contributed by atoms with Crippen LogP contribution in [0.5, 0.6) is 11.5 Å². The normalized spacial score (nSPS) is 10.7. The van der Waals surface area contributed by atoms with E-state index < -0.39 is 0 Å². The summed E-state index contributed by atoms with van der Waals surface area (Å²) in [5.74, 6) is 1.22. The van der Waals surface area contributed by atoms with Gasteiger partial charge in [-0.25, -0.2) is 9.97 Å². The van der Waals surface area contributed by atoms with Crippen LogP contribution in [0.25, 0.3) is 11.0 Å². The number of amides is 1. The van der Waals surface area contributed by atoms with Crippen LogP contribution in [0.15, 0.2) is 18.5 Å². The summed E-state index contributed by atoms with van der Waals surface area (Å²) < 4.78 is 10.7. The molecule has 0 unspecified atom stereocenters. The lowest BCUT2D eigenvalue weighted by molar-refractivity contribution is -0.116. The number of carbonyl (C=O) groups is 1. The number of nitrogens with zero attached hydrogens (tertiary/aromatic N) is 2. The predicted molar refractivity (Wildman–Crippen MR) is 80.7 cm³/mol. The molecule has 1 heterocycles. The van der Waals surface area contributed by atoms with Crippen LogP contribution in [0.4, 0.5) is 5.69 Å². The molecule has 21 heavy (non-hydrogen) atoms. The molecule has 112 valence electrons. The molecule has 1 N–H and O–H groups in total. The van der Waals surface area contributed by atoms with Crippen LogP contribution in [-0.4, -0.2) is 30.1 Å². The monoisotopic (exact) mass is 289 g/mol. The molecule has 0 saturated heterocycles. The largest absolute Gasteiger partial charge is 0.494 e. The van der Waals surface area contributed by atoms with Gasteiger partial charge in [-0.05, 0) is 5.92 Å². The van der Waals surface area contributed by atoms with Crippen LogP contribution in [0.2, 0.25) is 0 Å². The van der Waals surface area contributed by atoms with Crippen LogP contribution < -0.4 is 14.8 Å². The second-order valence-corrected chi connectivity index (χ2v) is 5.06. The maximum atomic E-state index is 12.0. The minimum Gasteiger partial charge on any atom is -0.494 e. The molecule has 0 radical (unpaired) electrons. The van der Waals surface area contributed by atoms with Gasteiger partial charge in [-0.1, -0.05) is 13.8 Å². The zero-order chi connectivity index (χ0) is 15.4. The minimum atomic E-state index is -0.0754. The number of hydrogen-bond acceptors (Lipinski definition) is 5. The van der Waals surface area contributed by atoms with E-state index in [1.54, 1.807) is 25.6 Å². The average Bonchev–Trinajstić information content (AvgIpc) is 2.45. The van der Waals surface area contributed by atoms with Crippen molar-refractivity contribution in [2.75, 3.05) is 19.5 Å². The summed E-state index contributed by atoms with van der Waals surface area (Å²) in [6.45, 7) is 3.98. The molecule has 0 atom stereocenters. The number of hydrogen-bond donors (Lipinski definition) is 1. The van der Waals surface area contributed by atoms with Gasteiger partial charge in [-0.2, -0.15) is 0 Å². The van der Waals surface area contributed by atoms with Crippen molar-refractivity contribution >= 4 is 22.6 Å². The van der Waals surface area contributed by atoms with Crippen LogP contribution in [0, 0.1) is 5.92 Å². The summed E-state index contributed by atoms with van der Waals surface area (Å²) >= 11 is 0. The Bertz CT molecular complexity index is 656. The summed E-state index contributed by atoms with van der Waals surface area (Å²) in [6.07, 6.45) is 3.59. The maximum Gasteiger partial charge on any atom is 0.224 e. The number of carbonyl (C=O) groups excluding carboxylic acids is 1. The molecule has 1 amide bonds. The number of methoxy groups -OCH3 is 2. The molecular formula is C15H19N3O3. The lowest BCUT2D eigenvalue weighted by Crippen LogP contribution is -2.15. The highest BCUT2D eigenvalue weighted by Crippen LogP contribution is 2.37. The van der Waals surface area contributed by atoms with Gasteiger partial charge in [0.1, 0.15) is 16.8 Å². The van der Waals surface area contributed by atoms with Crippen LogP contribution in [0.1, 0.15) is 20.3 Å². The van der Waals surface area contributed by atoms with Crippen LogP contribution in [0.3, 0.4) is 0 Å². The van der Waals surface area contributed by atoms with Gasteiger partial charge in [-0.3, -0.25) is 4.79 Å². The van der Waals surface area contributed by atoms with Crippen molar-refractivity contribution in [3.63, 3.8) is 0 Å². The Kier molecular flexibility index (Phi) is 4.57. The average molecular weight is 289 g/mol. The van der Waals surface area contributed by atoms with E-state index in [1.165, 1.54) is 7.11 Å². The minimum absolute atomic E-state index is 0.0754. The quantitative estimate of drug-likeness (QED) is 0.916. The number of fused-ring (bicyclic) bond motifs is 1. The molecule has 2 aromatic rings. The molecule has 0 spiro atoms. The molecule has 6 heteroatoms. The van der Waals surface area contributed by atoms with Gasteiger partial charge in [-0.15, -0.1) is 0 Å². The van der Waals surface area contributed by atoms with Gasteiger partial charge in [0.15, 0.2) is 5.75 Å². The van der Waals surface area contributed by atoms with E-state index in [0.717, 1.165) is 0 Å². The number of aromatic nitrogens is 2. The molecule has 2 rings (SSSR count). The van der Waals surface area contributed by atoms with Crippen molar-refractivity contribution in [2.45, 2.75) is 20.3 Å². The van der Waals surface area contributed by atoms with Gasteiger partial charge in [0.2, 0.25) is 5.91 Å². The second kappa shape index (κ2) is 6.39. The van der Waals surface area contributed by atoms with E-state index in [2.05, 4.69) is 15.3 Å². The fraction of sp³-hybridized carbons (Fsp3) is 0.400. The molecule has 0 saturated carbocycles. The molecule has 0 aliphatic heterocycles. The number of nitrogens with one attached hydrogen (secondary N) is 1. The van der Waals surface area contributed by atoms with E-state index in [4.69, 9.17) is 9.47 Å². The zero-order valence-electron chi connectivity index (χ0n) is 12.6. The molecule has 6 nitrogen and oxygen atoms in total. The summed E-state index contributed by atoms with van der Waals surface area (Å²) in [5, 5.41) is 2.85. The summed E-state index contributed by atoms with van der Waals surface area (Å²) in [6, 6.07) is 1.70. The lowest BCUT2D eigenvalue weighted by Gasteiger charge is -2.15. The zero-order valence-corrected chi connectivity index (χ0v) is 12.6. The third-order valence-electron chi connectivity index (χ3n) is 2.96. The summed E-state index contributed by atoms with van der Waals surface area (Å²) in [5.41, 5.74) is 1.69. The van der Waals surface area contributed by atoms with E-state index in [9.17, 15) is 4.79 Å². The van der Waals surface area contributed by atoms with Gasteiger partial charge >= 0.3 is 0 Å². The Balaban J connectivity index is 2.50. The van der Waals surface area contributed by atoms with Crippen molar-refractivity contribution in [3.05, 3.63) is 18.5 Å². The molecule has 0 fully saturated rings. The first kappa shape index (κ1) is 15.0. The second-order valence-electron chi connectivity index (χ2n) is 5.06. The van der Waals surface area contributed by atoms with Gasteiger partial charge in [0, 0.05) is 24.9 Å². The van der Waals surface area contributed by atoms with Crippen molar-refractivity contribution < 1.29 is 14.3 Å². The van der Waals surface area contributed by atoms with Gasteiger partial charge < -0.3 is 14.8 Å². The fourth-order valence-corrected chi connectivity index (χ4v) is 2.10. The topological polar surface area (TPSA) is 73.3 Å². The predicted octanol–water partition coefficient (Wildman–Crippen LogP) is 2.63. The highest BCUT2D eigenvalue weighted by molar-refractivity contribution is 5.99. The van der Waals surface area contributed by atoms with E-state index in [1.807, 2.05) is 13.8 Å². The van der Waals surface area contributed by atoms with Gasteiger partial charge in [0.05, 0.1) is 19.9 Å². The van der Waals surface area contributed by atoms with Crippen molar-refractivity contribution in [1.82, 2.24) is 9.97 Å². The highest BCUT2D eigenvalue weighted by atomic mass is 16.5. The molecule has 1 aromatic heterocycles. The standard InChI is InChI=1S/C15H19N3O3/c1-9(2)7-12(19)18-10-8-11(20-3)13-14(15(10)21-4)17-6-5-16-13/h5-6,8-9H,7H2,1-4H3,(H,18,19). The summed E-state index contributed by atoms with van der Waals surface area (Å²) in [7, 11) is 3.09. The highest BCUT2D eigenvalue weighted by Gasteiger charge is 2.17. The smallest absolute Gasteiger partial charge is 0.224 e. The van der Waals surface area contributed by atoms with E-state index in [0.29, 0.717) is 34.6 Å². The number of anilines is 1. The van der Waals surface area contributed by atoms with Crippen molar-refractivity contribution in [3.8, 4) is 11.5 Å². The van der Waals surface area contributed by atoms with Crippen molar-refractivity contribution in [1.29, 1.82) is 0 Å². The lowest BCUT2D eigenvalue weighted by atomic mass is 10.1. The molecule has 0 aliphatic carbocycles. The molecular weight excluding hydrogens is 270 g/mol. The Hall–Kier alpha value is -2.37. The van der Waals surface area contributed by atoms with Crippen LogP contribution >= 0.6 is 0 Å². The van der Waals surface area contributed by atoms with Gasteiger partial charge in [0.25, 0.3) is 0 Å². The molecule has 1 aromatic carbocycles. The Morgan fingerprint density at radius 1 is 1.19 bits per heavy atom. The third-order valence-corrected chi connectivity index (χ3v) is 2.96. The number of rotatable bonds is 5. The fourth-order valence-electron chi connectivity index (χ4n) is 2.10. The Labute approximate surface area is 123 Å². The first-order valence-electron chi connectivity index (χ1n) is 6.72.